The lowest BCUT2D eigenvalue weighted by molar-refractivity contribution is 1.02. The van der Waals surface area contributed by atoms with E-state index in [0.717, 1.165) is 44.7 Å². The zero-order valence-corrected chi connectivity index (χ0v) is 21.6. The lowest BCUT2D eigenvalue weighted by Gasteiger charge is -2.13. The van der Waals surface area contributed by atoms with Gasteiger partial charge in [0, 0.05) is 45.2 Å². The Morgan fingerprint density at radius 1 is 0.500 bits per heavy atom. The maximum absolute atomic E-state index is 5.13. The Kier molecular flexibility index (Phi) is 5.10. The molecule has 0 amide bonds. The average molecular weight is 513 g/mol. The van der Waals surface area contributed by atoms with E-state index < -0.39 is 0 Å². The first-order valence-electron chi connectivity index (χ1n) is 13.4. The van der Waals surface area contributed by atoms with Crippen LogP contribution in [-0.4, -0.2) is 19.1 Å². The molecule has 0 N–H and O–H groups in total. The number of hydrogen-bond donors (Lipinski definition) is 0. The van der Waals surface area contributed by atoms with Crippen molar-refractivity contribution in [2.75, 3.05) is 0 Å². The second kappa shape index (κ2) is 9.07. The Balaban J connectivity index is 1.48. The van der Waals surface area contributed by atoms with Crippen molar-refractivity contribution in [3.63, 3.8) is 0 Å². The van der Waals surface area contributed by atoms with E-state index in [-0.39, 0.29) is 0 Å². The van der Waals surface area contributed by atoms with Gasteiger partial charge in [-0.25, -0.2) is 9.97 Å². The molecule has 8 rings (SSSR count). The zero-order chi connectivity index (χ0) is 26.5. The van der Waals surface area contributed by atoms with Crippen molar-refractivity contribution in [2.45, 2.75) is 0 Å². The Bertz CT molecular complexity index is 2080. The van der Waals surface area contributed by atoms with Crippen molar-refractivity contribution in [1.82, 2.24) is 19.1 Å². The molecular formula is C36H24N4. The van der Waals surface area contributed by atoms with E-state index in [9.17, 15) is 0 Å². The highest BCUT2D eigenvalue weighted by molar-refractivity contribution is 6.18. The van der Waals surface area contributed by atoms with E-state index in [2.05, 4.69) is 118 Å². The fourth-order valence-electron chi connectivity index (χ4n) is 5.74. The van der Waals surface area contributed by atoms with Crippen LogP contribution in [0.1, 0.15) is 0 Å². The summed E-state index contributed by atoms with van der Waals surface area (Å²) in [4.78, 5) is 10.1. The van der Waals surface area contributed by atoms with Gasteiger partial charge in [-0.05, 0) is 24.3 Å². The van der Waals surface area contributed by atoms with Gasteiger partial charge in [-0.1, -0.05) is 109 Å². The minimum Gasteiger partial charge on any atom is -0.307 e. The molecule has 0 saturated heterocycles. The second-order valence-electron chi connectivity index (χ2n) is 9.94. The number of fused-ring (bicyclic) bond motifs is 5. The molecule has 0 aliphatic heterocycles. The number of benzene rings is 5. The van der Waals surface area contributed by atoms with Crippen LogP contribution < -0.4 is 0 Å². The van der Waals surface area contributed by atoms with Crippen LogP contribution in [0.15, 0.2) is 146 Å². The van der Waals surface area contributed by atoms with E-state index in [1.165, 1.54) is 16.3 Å². The number of rotatable bonds is 4. The molecule has 0 radical (unpaired) electrons. The van der Waals surface area contributed by atoms with Crippen molar-refractivity contribution < 1.29 is 0 Å². The van der Waals surface area contributed by atoms with E-state index in [1.54, 1.807) is 0 Å². The van der Waals surface area contributed by atoms with Gasteiger partial charge in [0.1, 0.15) is 5.82 Å². The molecule has 0 spiro atoms. The smallest absolute Gasteiger partial charge is 0.162 e. The van der Waals surface area contributed by atoms with Crippen molar-refractivity contribution in [3.8, 4) is 34.2 Å². The lowest BCUT2D eigenvalue weighted by atomic mass is 10.1. The van der Waals surface area contributed by atoms with Crippen LogP contribution in [0.25, 0.3) is 66.9 Å². The standard InChI is InChI=1S/C36H24N4/c1-4-12-25(13-5-1)31-24-33(38-36(37-31)27-14-6-2-7-15-27)39-23-22-26-20-21-30-29-18-10-11-19-32(29)40(35(30)34(26)39)28-16-8-3-9-17-28/h1-24H. The maximum atomic E-state index is 5.13. The molecule has 0 aliphatic rings. The fourth-order valence-corrected chi connectivity index (χ4v) is 5.74. The quantitative estimate of drug-likeness (QED) is 0.236. The summed E-state index contributed by atoms with van der Waals surface area (Å²) >= 11 is 0. The minimum absolute atomic E-state index is 0.703. The molecule has 0 unspecified atom stereocenters. The molecule has 0 fully saturated rings. The van der Waals surface area contributed by atoms with Crippen molar-refractivity contribution in [3.05, 3.63) is 146 Å². The summed E-state index contributed by atoms with van der Waals surface area (Å²) < 4.78 is 4.59. The van der Waals surface area contributed by atoms with Crippen molar-refractivity contribution in [2.24, 2.45) is 0 Å². The Labute approximate surface area is 231 Å². The first-order chi connectivity index (χ1) is 19.8. The lowest BCUT2D eigenvalue weighted by Crippen LogP contribution is -2.03. The highest BCUT2D eigenvalue weighted by atomic mass is 15.1. The van der Waals surface area contributed by atoms with Crippen LogP contribution >= 0.6 is 0 Å². The zero-order valence-electron chi connectivity index (χ0n) is 21.6. The van der Waals surface area contributed by atoms with Gasteiger partial charge < -0.3 is 4.57 Å². The van der Waals surface area contributed by atoms with Crippen LogP contribution in [0.5, 0.6) is 0 Å². The second-order valence-corrected chi connectivity index (χ2v) is 9.94. The van der Waals surface area contributed by atoms with E-state index >= 15 is 0 Å². The van der Waals surface area contributed by atoms with Crippen LogP contribution in [-0.2, 0) is 0 Å². The summed E-state index contributed by atoms with van der Waals surface area (Å²) in [5, 5.41) is 3.61. The van der Waals surface area contributed by atoms with Gasteiger partial charge in [-0.2, -0.15) is 0 Å². The normalized spacial score (nSPS) is 11.5. The third kappa shape index (κ3) is 3.54. The van der Waals surface area contributed by atoms with Crippen LogP contribution in [0, 0.1) is 0 Å². The van der Waals surface area contributed by atoms with Crippen molar-refractivity contribution in [1.29, 1.82) is 0 Å². The van der Waals surface area contributed by atoms with E-state index in [1.807, 2.05) is 36.4 Å². The van der Waals surface area contributed by atoms with Gasteiger partial charge in [-0.15, -0.1) is 0 Å². The molecule has 0 saturated carbocycles. The summed E-state index contributed by atoms with van der Waals surface area (Å²) in [6.07, 6.45) is 2.13. The molecule has 0 bridgehead atoms. The molecular weight excluding hydrogens is 488 g/mol. The average Bonchev–Trinajstić information content (AvgIpc) is 3.62. The topological polar surface area (TPSA) is 35.6 Å². The SMILES string of the molecule is c1ccc(-c2cc(-n3ccc4ccc5c6ccccc6n(-c6ccccc6)c5c43)nc(-c3ccccc3)n2)cc1. The highest BCUT2D eigenvalue weighted by Crippen LogP contribution is 2.38. The number of hydrogen-bond acceptors (Lipinski definition) is 2. The predicted octanol–water partition coefficient (Wildman–Crippen LogP) is 8.85. The van der Waals surface area contributed by atoms with E-state index in [0.29, 0.717) is 5.82 Å². The summed E-state index contributed by atoms with van der Waals surface area (Å²) in [6, 6.07) is 48.5. The molecule has 3 aromatic heterocycles. The van der Waals surface area contributed by atoms with Gasteiger partial charge >= 0.3 is 0 Å². The van der Waals surface area contributed by atoms with Crippen LogP contribution in [0.4, 0.5) is 0 Å². The molecule has 0 atom stereocenters. The van der Waals surface area contributed by atoms with Gasteiger partial charge in [0.25, 0.3) is 0 Å². The van der Waals surface area contributed by atoms with Gasteiger partial charge in [0.2, 0.25) is 0 Å². The van der Waals surface area contributed by atoms with Gasteiger partial charge in [0.05, 0.1) is 22.2 Å². The largest absolute Gasteiger partial charge is 0.307 e. The van der Waals surface area contributed by atoms with Gasteiger partial charge in [-0.3, -0.25) is 4.57 Å². The summed E-state index contributed by atoms with van der Waals surface area (Å²) in [5.41, 5.74) is 7.53. The number of para-hydroxylation sites is 2. The molecule has 188 valence electrons. The molecule has 8 aromatic rings. The van der Waals surface area contributed by atoms with Crippen LogP contribution in [0.3, 0.4) is 0 Å². The Morgan fingerprint density at radius 3 is 1.95 bits per heavy atom. The number of nitrogens with zero attached hydrogens (tertiary/aromatic N) is 4. The third-order valence-corrected chi connectivity index (χ3v) is 7.56. The molecule has 40 heavy (non-hydrogen) atoms. The number of aromatic nitrogens is 4. The summed E-state index contributed by atoms with van der Waals surface area (Å²) in [7, 11) is 0. The first kappa shape index (κ1) is 22.5. The maximum Gasteiger partial charge on any atom is 0.162 e. The summed E-state index contributed by atoms with van der Waals surface area (Å²) in [6.45, 7) is 0. The van der Waals surface area contributed by atoms with Gasteiger partial charge in [0.15, 0.2) is 5.82 Å². The first-order valence-corrected chi connectivity index (χ1v) is 13.4. The van der Waals surface area contributed by atoms with Crippen LogP contribution in [0.2, 0.25) is 0 Å². The third-order valence-electron chi connectivity index (χ3n) is 7.56. The predicted molar refractivity (Wildman–Crippen MR) is 164 cm³/mol. The summed E-state index contributed by atoms with van der Waals surface area (Å²) in [5.74, 6) is 1.54. The fraction of sp³-hybridized carbons (Fsp3) is 0. The van der Waals surface area contributed by atoms with Crippen molar-refractivity contribution >= 4 is 32.7 Å². The molecule has 3 heterocycles. The molecule has 4 nitrogen and oxygen atoms in total. The van der Waals surface area contributed by atoms with E-state index in [4.69, 9.17) is 9.97 Å². The molecule has 4 heteroatoms. The Morgan fingerprint density at radius 2 is 1.18 bits per heavy atom. The molecule has 0 aliphatic carbocycles. The minimum atomic E-state index is 0.703. The highest BCUT2D eigenvalue weighted by Gasteiger charge is 2.19. The monoisotopic (exact) mass is 512 g/mol. The Hall–Kier alpha value is -5.48. The molecule has 5 aromatic carbocycles.